The van der Waals surface area contributed by atoms with E-state index >= 15 is 0 Å². The van der Waals surface area contributed by atoms with Gasteiger partial charge in [-0.25, -0.2) is 0 Å². The summed E-state index contributed by atoms with van der Waals surface area (Å²) < 4.78 is 5.67. The van der Waals surface area contributed by atoms with Gasteiger partial charge in [0.1, 0.15) is 5.56 Å². The van der Waals surface area contributed by atoms with Crippen LogP contribution in [0.15, 0.2) is 18.2 Å². The van der Waals surface area contributed by atoms with E-state index in [0.29, 0.717) is 18.2 Å². The van der Waals surface area contributed by atoms with Crippen LogP contribution in [-0.4, -0.2) is 41.0 Å². The maximum atomic E-state index is 12.7. The molecule has 7 heteroatoms. The van der Waals surface area contributed by atoms with E-state index in [9.17, 15) is 14.9 Å². The summed E-state index contributed by atoms with van der Waals surface area (Å²) in [6, 6.07) is 4.10. The summed E-state index contributed by atoms with van der Waals surface area (Å²) in [5.41, 5.74) is -0.148. The van der Waals surface area contributed by atoms with E-state index in [2.05, 4.69) is 0 Å². The Morgan fingerprint density at radius 3 is 3.00 bits per heavy atom. The monoisotopic (exact) mass is 310 g/mol. The lowest BCUT2D eigenvalue weighted by molar-refractivity contribution is -0.385. The van der Waals surface area contributed by atoms with Crippen LogP contribution in [0.5, 0.6) is 0 Å². The molecular weight excluding hydrogens is 296 g/mol. The van der Waals surface area contributed by atoms with E-state index in [1.807, 2.05) is 0 Å². The molecule has 1 heterocycles. The molecule has 6 nitrogen and oxygen atoms in total. The quantitative estimate of drug-likeness (QED) is 0.622. The van der Waals surface area contributed by atoms with Crippen LogP contribution in [-0.2, 0) is 4.74 Å². The summed E-state index contributed by atoms with van der Waals surface area (Å²) in [7, 11) is 0. The van der Waals surface area contributed by atoms with Crippen LogP contribution in [0.2, 0.25) is 5.02 Å². The number of hydrogen-bond donors (Lipinski definition) is 0. The third kappa shape index (κ3) is 2.61. The van der Waals surface area contributed by atoms with E-state index in [1.165, 1.54) is 18.2 Å². The molecule has 1 aromatic rings. The van der Waals surface area contributed by atoms with Gasteiger partial charge in [0.25, 0.3) is 11.6 Å². The fourth-order valence-electron chi connectivity index (χ4n) is 3.17. The van der Waals surface area contributed by atoms with Gasteiger partial charge in [-0.3, -0.25) is 14.9 Å². The Bertz CT molecular complexity index is 592. The highest BCUT2D eigenvalue weighted by molar-refractivity contribution is 6.31. The Labute approximate surface area is 126 Å². The molecule has 1 aliphatic carbocycles. The second-order valence-electron chi connectivity index (χ2n) is 5.32. The number of halogens is 1. The number of hydrogen-bond acceptors (Lipinski definition) is 4. The lowest BCUT2D eigenvalue weighted by Gasteiger charge is -2.37. The maximum absolute atomic E-state index is 12.7. The topological polar surface area (TPSA) is 72.7 Å². The molecule has 0 bridgehead atoms. The summed E-state index contributed by atoms with van der Waals surface area (Å²) in [5, 5.41) is 11.4. The number of nitro benzene ring substituents is 1. The van der Waals surface area contributed by atoms with Crippen molar-refractivity contribution in [2.24, 2.45) is 0 Å². The number of ether oxygens (including phenoxy) is 1. The fourth-order valence-corrected chi connectivity index (χ4v) is 3.34. The highest BCUT2D eigenvalue weighted by Gasteiger charge is 2.40. The highest BCUT2D eigenvalue weighted by Crippen LogP contribution is 2.32. The zero-order valence-corrected chi connectivity index (χ0v) is 12.1. The van der Waals surface area contributed by atoms with E-state index in [0.717, 1.165) is 19.3 Å². The van der Waals surface area contributed by atoms with Crippen molar-refractivity contribution < 1.29 is 14.5 Å². The minimum atomic E-state index is -0.545. The summed E-state index contributed by atoms with van der Waals surface area (Å²) in [5.74, 6) is -0.329. The van der Waals surface area contributed by atoms with Crippen molar-refractivity contribution in [1.29, 1.82) is 0 Å². The molecule has 0 radical (unpaired) electrons. The van der Waals surface area contributed by atoms with E-state index in [4.69, 9.17) is 16.3 Å². The van der Waals surface area contributed by atoms with Crippen LogP contribution in [0.1, 0.15) is 29.6 Å². The number of amides is 1. The maximum Gasteiger partial charge on any atom is 0.282 e. The minimum Gasteiger partial charge on any atom is -0.374 e. The first-order chi connectivity index (χ1) is 10.1. The van der Waals surface area contributed by atoms with Crippen LogP contribution in [0, 0.1) is 10.1 Å². The molecule has 1 saturated carbocycles. The molecule has 112 valence electrons. The molecule has 1 amide bonds. The van der Waals surface area contributed by atoms with Crippen molar-refractivity contribution in [3.63, 3.8) is 0 Å². The van der Waals surface area contributed by atoms with Gasteiger partial charge < -0.3 is 9.64 Å². The first-order valence-corrected chi connectivity index (χ1v) is 7.32. The summed E-state index contributed by atoms with van der Waals surface area (Å²) >= 11 is 5.90. The smallest absolute Gasteiger partial charge is 0.282 e. The van der Waals surface area contributed by atoms with Crippen LogP contribution < -0.4 is 0 Å². The van der Waals surface area contributed by atoms with Gasteiger partial charge in [0.15, 0.2) is 0 Å². The minimum absolute atomic E-state index is 0.0184. The Balaban J connectivity index is 1.94. The standard InChI is InChI=1S/C14H15ClN2O4/c15-9-4-5-11(17(19)20)10(8-9)14(18)16-6-7-21-13-3-1-2-12(13)16/h4-5,8,12-13H,1-3,6-7H2. The Morgan fingerprint density at radius 2 is 2.24 bits per heavy atom. The third-order valence-electron chi connectivity index (χ3n) is 4.13. The second kappa shape index (κ2) is 5.61. The van der Waals surface area contributed by atoms with Gasteiger partial charge >= 0.3 is 0 Å². The number of nitrogens with zero attached hydrogens (tertiary/aromatic N) is 2. The molecule has 0 spiro atoms. The summed E-state index contributed by atoms with van der Waals surface area (Å²) in [6.07, 6.45) is 2.88. The number of carbonyl (C=O) groups is 1. The molecule has 0 N–H and O–H groups in total. The molecule has 2 aliphatic rings. The molecule has 2 unspecified atom stereocenters. The number of fused-ring (bicyclic) bond motifs is 1. The van der Waals surface area contributed by atoms with E-state index in [-0.39, 0.29) is 29.3 Å². The zero-order chi connectivity index (χ0) is 15.0. The van der Waals surface area contributed by atoms with Gasteiger partial charge in [0.2, 0.25) is 0 Å². The summed E-state index contributed by atoms with van der Waals surface area (Å²) in [4.78, 5) is 25.0. The number of morpholine rings is 1. The van der Waals surface area contributed by atoms with Gasteiger partial charge in [-0.05, 0) is 31.4 Å². The fraction of sp³-hybridized carbons (Fsp3) is 0.500. The van der Waals surface area contributed by atoms with Crippen molar-refractivity contribution in [3.05, 3.63) is 38.9 Å². The predicted molar refractivity (Wildman–Crippen MR) is 76.5 cm³/mol. The Morgan fingerprint density at radius 1 is 1.43 bits per heavy atom. The number of rotatable bonds is 2. The van der Waals surface area contributed by atoms with Crippen LogP contribution in [0.3, 0.4) is 0 Å². The lowest BCUT2D eigenvalue weighted by Crippen LogP contribution is -2.51. The van der Waals surface area contributed by atoms with Gasteiger partial charge in [0, 0.05) is 17.6 Å². The third-order valence-corrected chi connectivity index (χ3v) is 4.36. The van der Waals surface area contributed by atoms with Crippen molar-refractivity contribution in [2.45, 2.75) is 31.4 Å². The molecule has 21 heavy (non-hydrogen) atoms. The van der Waals surface area contributed by atoms with Gasteiger partial charge in [0.05, 0.1) is 23.7 Å². The van der Waals surface area contributed by atoms with Crippen molar-refractivity contribution in [3.8, 4) is 0 Å². The van der Waals surface area contributed by atoms with E-state index < -0.39 is 4.92 Å². The second-order valence-corrected chi connectivity index (χ2v) is 5.76. The number of carbonyl (C=O) groups excluding carboxylic acids is 1. The molecule has 1 saturated heterocycles. The largest absolute Gasteiger partial charge is 0.374 e. The lowest BCUT2D eigenvalue weighted by atomic mass is 10.1. The SMILES string of the molecule is O=C(c1cc(Cl)ccc1[N+](=O)[O-])N1CCOC2CCCC21. The molecule has 3 rings (SSSR count). The normalized spacial score (nSPS) is 24.7. The molecule has 0 aromatic heterocycles. The highest BCUT2D eigenvalue weighted by atomic mass is 35.5. The van der Waals surface area contributed by atoms with Crippen molar-refractivity contribution in [2.75, 3.05) is 13.2 Å². The van der Waals surface area contributed by atoms with Crippen LogP contribution >= 0.6 is 11.6 Å². The first kappa shape index (κ1) is 14.3. The average Bonchev–Trinajstić information content (AvgIpc) is 2.94. The van der Waals surface area contributed by atoms with Crippen LogP contribution in [0.25, 0.3) is 0 Å². The first-order valence-electron chi connectivity index (χ1n) is 6.94. The van der Waals surface area contributed by atoms with Gasteiger partial charge in [-0.2, -0.15) is 0 Å². The van der Waals surface area contributed by atoms with Crippen molar-refractivity contribution in [1.82, 2.24) is 4.90 Å². The predicted octanol–water partition coefficient (Wildman–Crippen LogP) is 2.64. The molecule has 2 atom stereocenters. The Kier molecular flexibility index (Phi) is 3.82. The van der Waals surface area contributed by atoms with Gasteiger partial charge in [-0.1, -0.05) is 11.6 Å². The molecule has 1 aromatic carbocycles. The van der Waals surface area contributed by atoms with Crippen molar-refractivity contribution >= 4 is 23.2 Å². The van der Waals surface area contributed by atoms with E-state index in [1.54, 1.807) is 4.90 Å². The number of benzene rings is 1. The molecular formula is C14H15ClN2O4. The Hall–Kier alpha value is -1.66. The van der Waals surface area contributed by atoms with Gasteiger partial charge in [-0.15, -0.1) is 0 Å². The molecule has 2 fully saturated rings. The average molecular weight is 311 g/mol. The summed E-state index contributed by atoms with van der Waals surface area (Å²) in [6.45, 7) is 0.935. The van der Waals surface area contributed by atoms with Crippen LogP contribution in [0.4, 0.5) is 5.69 Å². The zero-order valence-electron chi connectivity index (χ0n) is 11.3. The number of nitro groups is 1. The molecule has 1 aliphatic heterocycles.